The highest BCUT2D eigenvalue weighted by atomic mass is 32.2. The van der Waals surface area contributed by atoms with E-state index in [2.05, 4.69) is 0 Å². The molecule has 0 bridgehead atoms. The van der Waals surface area contributed by atoms with Crippen LogP contribution in [0, 0.1) is 11.3 Å². The maximum Gasteiger partial charge on any atom is 0.216 e. The van der Waals surface area contributed by atoms with Crippen molar-refractivity contribution in [3.8, 4) is 0 Å². The highest BCUT2D eigenvalue weighted by Crippen LogP contribution is 2.44. The van der Waals surface area contributed by atoms with Crippen LogP contribution in [0.3, 0.4) is 0 Å². The zero-order valence-corrected chi connectivity index (χ0v) is 14.0. The van der Waals surface area contributed by atoms with Gasteiger partial charge >= 0.3 is 0 Å². The highest BCUT2D eigenvalue weighted by Gasteiger charge is 2.47. The zero-order chi connectivity index (χ0) is 15.2. The smallest absolute Gasteiger partial charge is 0.216 e. The second kappa shape index (κ2) is 5.72. The molecule has 2 saturated carbocycles. The predicted octanol–water partition coefficient (Wildman–Crippen LogP) is 1.78. The summed E-state index contributed by atoms with van der Waals surface area (Å²) in [5.41, 5.74) is 0.198. The Morgan fingerprint density at radius 3 is 2.45 bits per heavy atom. The van der Waals surface area contributed by atoms with Gasteiger partial charge in [-0.1, -0.05) is 0 Å². The van der Waals surface area contributed by atoms with Gasteiger partial charge in [-0.05, 0) is 56.3 Å². The molecule has 0 aromatic rings. The summed E-state index contributed by atoms with van der Waals surface area (Å²) < 4.78 is 38.0. The molecule has 0 amide bonds. The number of rotatable bonds is 6. The van der Waals surface area contributed by atoms with Crippen molar-refractivity contribution in [3.05, 3.63) is 0 Å². The van der Waals surface area contributed by atoms with Gasteiger partial charge < -0.3 is 9.47 Å². The van der Waals surface area contributed by atoms with Crippen LogP contribution in [-0.2, 0) is 19.5 Å². The lowest BCUT2D eigenvalue weighted by atomic mass is 9.77. The molecule has 2 heterocycles. The number of hydrogen-bond donors (Lipinski definition) is 0. The minimum atomic E-state index is -3.00. The number of piperidine rings is 1. The van der Waals surface area contributed by atoms with E-state index in [9.17, 15) is 8.42 Å². The lowest BCUT2D eigenvalue weighted by Crippen LogP contribution is -2.44. The molecule has 126 valence electrons. The van der Waals surface area contributed by atoms with Gasteiger partial charge in [-0.2, -0.15) is 0 Å². The molecule has 2 aliphatic carbocycles. The number of ether oxygens (including phenoxy) is 2. The summed E-state index contributed by atoms with van der Waals surface area (Å²) in [6.07, 6.45) is 7.48. The van der Waals surface area contributed by atoms with Crippen LogP contribution in [0.1, 0.15) is 44.9 Å². The maximum absolute atomic E-state index is 12.3. The fourth-order valence-corrected chi connectivity index (χ4v) is 5.64. The van der Waals surface area contributed by atoms with Crippen LogP contribution in [-0.4, -0.2) is 57.0 Å². The van der Waals surface area contributed by atoms with E-state index in [1.54, 1.807) is 4.31 Å². The van der Waals surface area contributed by atoms with Crippen molar-refractivity contribution < 1.29 is 17.9 Å². The summed E-state index contributed by atoms with van der Waals surface area (Å²) in [6.45, 7) is 3.74. The summed E-state index contributed by atoms with van der Waals surface area (Å²) in [5, 5.41) is -0.0787. The number of sulfonamides is 1. The molecule has 2 aliphatic heterocycles. The van der Waals surface area contributed by atoms with E-state index < -0.39 is 10.0 Å². The van der Waals surface area contributed by atoms with Gasteiger partial charge in [0, 0.05) is 19.7 Å². The molecule has 22 heavy (non-hydrogen) atoms. The molecule has 2 saturated heterocycles. The van der Waals surface area contributed by atoms with Gasteiger partial charge in [-0.3, -0.25) is 0 Å². The van der Waals surface area contributed by atoms with Gasteiger partial charge in [-0.15, -0.1) is 0 Å². The molecule has 0 radical (unpaired) electrons. The quantitative estimate of drug-likeness (QED) is 0.745. The molecule has 4 fully saturated rings. The standard InChI is InChI=1S/C16H27NO4S/c18-22(19,15-3-4-15)17-7-5-16(6-8-17)9-14(21-12-16)11-20-10-13-1-2-13/h13-15H,1-12H2/t14-/m0/s1. The fraction of sp³-hybridized carbons (Fsp3) is 1.00. The van der Waals surface area contributed by atoms with Crippen molar-refractivity contribution in [1.82, 2.24) is 4.31 Å². The molecule has 1 spiro atoms. The van der Waals surface area contributed by atoms with Crippen molar-refractivity contribution >= 4 is 10.0 Å². The van der Waals surface area contributed by atoms with Crippen LogP contribution in [0.5, 0.6) is 0 Å². The maximum atomic E-state index is 12.3. The molecule has 6 heteroatoms. The third-order valence-electron chi connectivity index (χ3n) is 5.73. The van der Waals surface area contributed by atoms with Crippen molar-refractivity contribution in [2.24, 2.45) is 11.3 Å². The molecule has 1 atom stereocenters. The van der Waals surface area contributed by atoms with Gasteiger partial charge in [0.1, 0.15) is 0 Å². The highest BCUT2D eigenvalue weighted by molar-refractivity contribution is 7.90. The minimum Gasteiger partial charge on any atom is -0.378 e. The van der Waals surface area contributed by atoms with E-state index in [-0.39, 0.29) is 16.8 Å². The molecule has 0 aromatic heterocycles. The first-order valence-electron chi connectivity index (χ1n) is 8.76. The van der Waals surface area contributed by atoms with E-state index in [0.717, 1.165) is 51.2 Å². The van der Waals surface area contributed by atoms with E-state index in [1.807, 2.05) is 0 Å². The Balaban J connectivity index is 1.25. The van der Waals surface area contributed by atoms with Crippen molar-refractivity contribution in [3.63, 3.8) is 0 Å². The Morgan fingerprint density at radius 2 is 1.82 bits per heavy atom. The molecule has 0 N–H and O–H groups in total. The topological polar surface area (TPSA) is 55.8 Å². The predicted molar refractivity (Wildman–Crippen MR) is 83.1 cm³/mol. The van der Waals surface area contributed by atoms with Gasteiger partial charge in [0.15, 0.2) is 0 Å². The molecular formula is C16H27NO4S. The van der Waals surface area contributed by atoms with Crippen molar-refractivity contribution in [1.29, 1.82) is 0 Å². The Morgan fingerprint density at radius 1 is 1.09 bits per heavy atom. The molecule has 4 rings (SSSR count). The first kappa shape index (κ1) is 15.4. The molecule has 4 aliphatic rings. The Kier molecular flexibility index (Phi) is 4.00. The second-order valence-corrected chi connectivity index (χ2v) is 9.97. The van der Waals surface area contributed by atoms with E-state index in [0.29, 0.717) is 19.7 Å². The van der Waals surface area contributed by atoms with Crippen molar-refractivity contribution in [2.75, 3.05) is 32.9 Å². The average molecular weight is 329 g/mol. The summed E-state index contributed by atoms with van der Waals surface area (Å²) in [4.78, 5) is 0. The monoisotopic (exact) mass is 329 g/mol. The van der Waals surface area contributed by atoms with Crippen LogP contribution < -0.4 is 0 Å². The molecular weight excluding hydrogens is 302 g/mol. The third-order valence-corrected chi connectivity index (χ3v) is 8.13. The van der Waals surface area contributed by atoms with Crippen LogP contribution >= 0.6 is 0 Å². The van der Waals surface area contributed by atoms with Gasteiger partial charge in [0.2, 0.25) is 10.0 Å². The summed E-state index contributed by atoms with van der Waals surface area (Å²) in [7, 11) is -3.00. The van der Waals surface area contributed by atoms with Gasteiger partial charge in [0.25, 0.3) is 0 Å². The SMILES string of the molecule is O=S(=O)(C1CC1)N1CCC2(CC1)CO[C@H](COCC1CC1)C2. The third kappa shape index (κ3) is 3.21. The van der Waals surface area contributed by atoms with Gasteiger partial charge in [0.05, 0.1) is 24.6 Å². The van der Waals surface area contributed by atoms with Crippen LogP contribution in [0.25, 0.3) is 0 Å². The minimum absolute atomic E-state index is 0.0787. The van der Waals surface area contributed by atoms with Crippen LogP contribution in [0.15, 0.2) is 0 Å². The molecule has 0 aromatic carbocycles. The van der Waals surface area contributed by atoms with Crippen molar-refractivity contribution in [2.45, 2.75) is 56.3 Å². The first-order valence-corrected chi connectivity index (χ1v) is 10.3. The summed E-state index contributed by atoms with van der Waals surface area (Å²) in [6, 6.07) is 0. The van der Waals surface area contributed by atoms with E-state index >= 15 is 0 Å². The zero-order valence-electron chi connectivity index (χ0n) is 13.2. The largest absolute Gasteiger partial charge is 0.378 e. The van der Waals surface area contributed by atoms with Crippen LogP contribution in [0.4, 0.5) is 0 Å². The number of hydrogen-bond acceptors (Lipinski definition) is 4. The second-order valence-electron chi connectivity index (χ2n) is 7.76. The summed E-state index contributed by atoms with van der Waals surface area (Å²) >= 11 is 0. The normalized spacial score (nSPS) is 32.6. The van der Waals surface area contributed by atoms with Crippen LogP contribution in [0.2, 0.25) is 0 Å². The Bertz CT molecular complexity index is 504. The molecule has 5 nitrogen and oxygen atoms in total. The Hall–Kier alpha value is -0.170. The van der Waals surface area contributed by atoms with E-state index in [4.69, 9.17) is 9.47 Å². The number of nitrogens with zero attached hydrogens (tertiary/aromatic N) is 1. The summed E-state index contributed by atoms with van der Waals surface area (Å²) in [5.74, 6) is 0.797. The van der Waals surface area contributed by atoms with Gasteiger partial charge in [-0.25, -0.2) is 12.7 Å². The fourth-order valence-electron chi connectivity index (χ4n) is 3.79. The average Bonchev–Trinajstić information content (AvgIpc) is 3.39. The lowest BCUT2D eigenvalue weighted by molar-refractivity contribution is 0.0103. The van der Waals surface area contributed by atoms with E-state index in [1.165, 1.54) is 12.8 Å². The molecule has 0 unspecified atom stereocenters. The lowest BCUT2D eigenvalue weighted by Gasteiger charge is -2.37. The first-order chi connectivity index (χ1) is 10.6. The Labute approximate surface area is 133 Å².